The van der Waals surface area contributed by atoms with E-state index in [9.17, 15) is 9.18 Å². The van der Waals surface area contributed by atoms with Gasteiger partial charge in [0.2, 0.25) is 0 Å². The third kappa shape index (κ3) is 7.78. The van der Waals surface area contributed by atoms with Crippen LogP contribution >= 0.6 is 12.4 Å². The summed E-state index contributed by atoms with van der Waals surface area (Å²) in [5.74, 6) is 1.01. The zero-order valence-electron chi connectivity index (χ0n) is 28.8. The first-order valence-electron chi connectivity index (χ1n) is 16.8. The van der Waals surface area contributed by atoms with Crippen molar-refractivity contribution in [1.29, 1.82) is 0 Å². The van der Waals surface area contributed by atoms with Gasteiger partial charge in [-0.1, -0.05) is 79.7 Å². The van der Waals surface area contributed by atoms with Crippen molar-refractivity contribution in [3.63, 3.8) is 0 Å². The molecule has 5 rings (SSSR count). The van der Waals surface area contributed by atoms with Crippen molar-refractivity contribution in [3.05, 3.63) is 131 Å². The average molecular weight is 673 g/mol. The fourth-order valence-corrected chi connectivity index (χ4v) is 7.64. The highest BCUT2D eigenvalue weighted by Crippen LogP contribution is 2.45. The number of carbonyl (C=O) groups excluding carboxylic acids is 1. The highest BCUT2D eigenvalue weighted by Gasteiger charge is 2.42. The fraction of sp³-hybridized carbons (Fsp3) is 0.390. The van der Waals surface area contributed by atoms with Crippen molar-refractivity contribution >= 4 is 18.2 Å². The lowest BCUT2D eigenvalue weighted by molar-refractivity contribution is -0.120. The Balaban J connectivity index is 0.00000520. The molecule has 0 radical (unpaired) electrons. The molecule has 4 aromatic rings. The molecular weight excluding hydrogens is 623 g/mol. The van der Waals surface area contributed by atoms with E-state index in [2.05, 4.69) is 79.8 Å². The predicted molar refractivity (Wildman–Crippen MR) is 195 cm³/mol. The van der Waals surface area contributed by atoms with Gasteiger partial charge in [0.25, 0.3) is 0 Å². The first kappa shape index (κ1) is 37.1. The Morgan fingerprint density at radius 2 is 1.50 bits per heavy atom. The summed E-state index contributed by atoms with van der Waals surface area (Å²) >= 11 is 0. The minimum Gasteiger partial charge on any atom is -0.493 e. The van der Waals surface area contributed by atoms with Crippen LogP contribution in [0.1, 0.15) is 86.6 Å². The molecular formula is C41H50ClFN2O3. The average Bonchev–Trinajstić information content (AvgIpc) is 3.09. The number of hydrogen-bond acceptors (Lipinski definition) is 5. The number of benzene rings is 4. The quantitative estimate of drug-likeness (QED) is 0.140. The molecule has 256 valence electrons. The molecule has 4 atom stereocenters. The smallest absolute Gasteiger partial charge is 0.161 e. The van der Waals surface area contributed by atoms with Gasteiger partial charge in [-0.2, -0.15) is 0 Å². The van der Waals surface area contributed by atoms with Gasteiger partial charge in [0, 0.05) is 29.8 Å². The number of rotatable bonds is 14. The van der Waals surface area contributed by atoms with Crippen LogP contribution in [0.5, 0.6) is 11.5 Å². The molecule has 1 heterocycles. The highest BCUT2D eigenvalue weighted by atomic mass is 35.5. The SMILES string of the molecule is COc1cc2c(cc1OC)C(C)(C(N)CCC(CCCC(=O)C(C)c1ccc(F)cc1)(c1ccccc1)c1ccccc1)NC(C)C2.Cl. The molecule has 4 unspecified atom stereocenters. The molecule has 0 saturated carbocycles. The molecule has 1 aliphatic rings. The molecule has 0 spiro atoms. The summed E-state index contributed by atoms with van der Waals surface area (Å²) in [5, 5.41) is 3.85. The van der Waals surface area contributed by atoms with Crippen molar-refractivity contribution in [3.8, 4) is 11.5 Å². The van der Waals surface area contributed by atoms with Crippen molar-refractivity contribution in [2.45, 2.75) is 88.3 Å². The monoisotopic (exact) mass is 672 g/mol. The van der Waals surface area contributed by atoms with E-state index >= 15 is 0 Å². The van der Waals surface area contributed by atoms with Crippen LogP contribution in [0, 0.1) is 5.82 Å². The number of hydrogen-bond donors (Lipinski definition) is 2. The van der Waals surface area contributed by atoms with Crippen LogP contribution in [0.15, 0.2) is 97.1 Å². The number of methoxy groups -OCH3 is 2. The minimum absolute atomic E-state index is 0. The zero-order chi connectivity index (χ0) is 33.6. The van der Waals surface area contributed by atoms with E-state index in [-0.39, 0.29) is 47.4 Å². The van der Waals surface area contributed by atoms with Gasteiger partial charge in [0.05, 0.1) is 19.8 Å². The molecule has 0 aromatic heterocycles. The van der Waals surface area contributed by atoms with Gasteiger partial charge >= 0.3 is 0 Å². The second-order valence-electron chi connectivity index (χ2n) is 13.4. The van der Waals surface area contributed by atoms with Gasteiger partial charge in [-0.05, 0) is 98.0 Å². The number of nitrogens with one attached hydrogen (secondary N) is 1. The Bertz CT molecular complexity index is 1590. The normalized spacial score (nSPS) is 18.6. The number of fused-ring (bicyclic) bond motifs is 1. The first-order valence-corrected chi connectivity index (χ1v) is 16.8. The summed E-state index contributed by atoms with van der Waals surface area (Å²) in [6, 6.07) is 31.8. The van der Waals surface area contributed by atoms with Gasteiger partial charge in [0.15, 0.2) is 11.5 Å². The van der Waals surface area contributed by atoms with Crippen molar-refractivity contribution in [2.24, 2.45) is 5.73 Å². The molecule has 1 aliphatic heterocycles. The van der Waals surface area contributed by atoms with E-state index in [0.29, 0.717) is 12.2 Å². The maximum Gasteiger partial charge on any atom is 0.161 e. The van der Waals surface area contributed by atoms with Gasteiger partial charge < -0.3 is 20.5 Å². The molecule has 5 nitrogen and oxygen atoms in total. The Kier molecular flexibility index (Phi) is 12.5. The van der Waals surface area contributed by atoms with Crippen molar-refractivity contribution < 1.29 is 18.7 Å². The van der Waals surface area contributed by atoms with Gasteiger partial charge in [-0.3, -0.25) is 4.79 Å². The third-order valence-electron chi connectivity index (χ3n) is 10.4. The van der Waals surface area contributed by atoms with E-state index in [1.54, 1.807) is 26.4 Å². The second-order valence-corrected chi connectivity index (χ2v) is 13.4. The molecule has 0 fully saturated rings. The number of ketones is 1. The molecule has 7 heteroatoms. The lowest BCUT2D eigenvalue weighted by atomic mass is 9.66. The highest BCUT2D eigenvalue weighted by molar-refractivity contribution is 5.85. The van der Waals surface area contributed by atoms with Crippen LogP contribution in [0.2, 0.25) is 0 Å². The number of ether oxygens (including phenoxy) is 2. The van der Waals surface area contributed by atoms with E-state index < -0.39 is 5.54 Å². The van der Waals surface area contributed by atoms with E-state index in [1.165, 1.54) is 28.8 Å². The minimum atomic E-state index is -0.494. The standard InChI is InChI=1S/C41H49FN2O3.ClH/c1-28-25-31-26-37(46-4)38(47-5)27-35(31)40(3,44-28)39(43)22-24-41(32-13-8-6-9-14-32,33-15-10-7-11-16-33)23-12-17-36(45)29(2)30-18-20-34(42)21-19-30;/h6-11,13-16,18-21,26-29,39,44H,12,17,22-25,43H2,1-5H3;1H. The number of halogens is 2. The lowest BCUT2D eigenvalue weighted by Gasteiger charge is -2.46. The van der Waals surface area contributed by atoms with Gasteiger partial charge in [-0.25, -0.2) is 4.39 Å². The molecule has 0 bridgehead atoms. The Hall–Kier alpha value is -3.71. The maximum absolute atomic E-state index is 13.5. The summed E-state index contributed by atoms with van der Waals surface area (Å²) < 4.78 is 24.9. The van der Waals surface area contributed by atoms with E-state index in [4.69, 9.17) is 15.2 Å². The largest absolute Gasteiger partial charge is 0.493 e. The molecule has 4 aromatic carbocycles. The molecule has 0 aliphatic carbocycles. The zero-order valence-corrected chi connectivity index (χ0v) is 29.6. The molecule has 3 N–H and O–H groups in total. The van der Waals surface area contributed by atoms with Crippen LogP contribution in [0.25, 0.3) is 0 Å². The topological polar surface area (TPSA) is 73.6 Å². The van der Waals surface area contributed by atoms with Crippen LogP contribution < -0.4 is 20.5 Å². The van der Waals surface area contributed by atoms with Crippen molar-refractivity contribution in [2.75, 3.05) is 14.2 Å². The fourth-order valence-electron chi connectivity index (χ4n) is 7.64. The maximum atomic E-state index is 13.5. The summed E-state index contributed by atoms with van der Waals surface area (Å²) in [7, 11) is 3.34. The number of nitrogens with two attached hydrogens (primary N) is 1. The van der Waals surface area contributed by atoms with Crippen molar-refractivity contribution in [1.82, 2.24) is 5.32 Å². The van der Waals surface area contributed by atoms with Gasteiger partial charge in [-0.15, -0.1) is 12.4 Å². The van der Waals surface area contributed by atoms with E-state index in [0.717, 1.165) is 49.0 Å². The summed E-state index contributed by atoms with van der Waals surface area (Å²) in [5.41, 5.74) is 12.1. The van der Waals surface area contributed by atoms with Crippen LogP contribution in [-0.4, -0.2) is 32.1 Å². The lowest BCUT2D eigenvalue weighted by Crippen LogP contribution is -2.59. The van der Waals surface area contributed by atoms with Crippen LogP contribution in [0.3, 0.4) is 0 Å². The summed E-state index contributed by atoms with van der Waals surface area (Å²) in [4.78, 5) is 13.4. The van der Waals surface area contributed by atoms with Crippen LogP contribution in [0.4, 0.5) is 4.39 Å². The third-order valence-corrected chi connectivity index (χ3v) is 10.4. The number of carbonyl (C=O) groups is 1. The van der Waals surface area contributed by atoms with Gasteiger partial charge in [0.1, 0.15) is 11.6 Å². The first-order chi connectivity index (χ1) is 22.6. The Labute approximate surface area is 291 Å². The molecule has 48 heavy (non-hydrogen) atoms. The van der Waals surface area contributed by atoms with E-state index in [1.807, 2.05) is 19.1 Å². The molecule has 0 saturated heterocycles. The number of Topliss-reactive ketones (excluding diaryl/α,β-unsaturated/α-hetero) is 1. The second kappa shape index (κ2) is 16.1. The molecule has 0 amide bonds. The summed E-state index contributed by atoms with van der Waals surface area (Å²) in [6.07, 6.45) is 4.37. The Morgan fingerprint density at radius 3 is 2.06 bits per heavy atom. The predicted octanol–water partition coefficient (Wildman–Crippen LogP) is 8.65. The summed E-state index contributed by atoms with van der Waals surface area (Å²) in [6.45, 7) is 6.32. The Morgan fingerprint density at radius 1 is 0.938 bits per heavy atom. The van der Waals surface area contributed by atoms with Crippen LogP contribution in [-0.2, 0) is 22.2 Å².